The fourth-order valence-electron chi connectivity index (χ4n) is 3.20. The van der Waals surface area contributed by atoms with E-state index in [2.05, 4.69) is 47.9 Å². The molecular weight excluding hydrogens is 265 g/mol. The molecule has 0 unspecified atom stereocenters. The lowest BCUT2D eigenvalue weighted by Gasteiger charge is -2.25. The highest BCUT2D eigenvalue weighted by molar-refractivity contribution is 7.18. The first-order valence-corrected chi connectivity index (χ1v) is 8.47. The van der Waals surface area contributed by atoms with Gasteiger partial charge in [-0.05, 0) is 61.3 Å². The Bertz CT molecular complexity index is 650. The molecule has 104 valence electrons. The zero-order valence-electron chi connectivity index (χ0n) is 12.4. The van der Waals surface area contributed by atoms with E-state index >= 15 is 0 Å². The van der Waals surface area contributed by atoms with Crippen molar-refractivity contribution >= 4 is 24.0 Å². The van der Waals surface area contributed by atoms with Crippen molar-refractivity contribution in [2.45, 2.75) is 56.9 Å². The molecule has 0 saturated heterocycles. The van der Waals surface area contributed by atoms with Gasteiger partial charge in [-0.3, -0.25) is 0 Å². The van der Waals surface area contributed by atoms with Gasteiger partial charge in [-0.25, -0.2) is 0 Å². The minimum absolute atomic E-state index is 0.0488. The van der Waals surface area contributed by atoms with Gasteiger partial charge in [0.05, 0.1) is 5.41 Å². The van der Waals surface area contributed by atoms with Crippen molar-refractivity contribution in [1.29, 1.82) is 0 Å². The third kappa shape index (κ3) is 1.86. The molecule has 0 amide bonds. The molecule has 3 nitrogen and oxygen atoms in total. The number of hydrogen-bond acceptors (Lipinski definition) is 3. The van der Waals surface area contributed by atoms with Gasteiger partial charge < -0.3 is 4.57 Å². The van der Waals surface area contributed by atoms with Gasteiger partial charge >= 0.3 is 0 Å². The maximum atomic E-state index is 4.62. The van der Waals surface area contributed by atoms with Crippen LogP contribution in [0.2, 0.25) is 0 Å². The van der Waals surface area contributed by atoms with E-state index in [0.29, 0.717) is 12.0 Å². The van der Waals surface area contributed by atoms with Gasteiger partial charge in [0.1, 0.15) is 11.6 Å². The van der Waals surface area contributed by atoms with Crippen molar-refractivity contribution in [2.75, 3.05) is 0 Å². The van der Waals surface area contributed by atoms with Crippen LogP contribution < -0.4 is 4.78 Å². The molecule has 2 fully saturated rings. The van der Waals surface area contributed by atoms with E-state index in [9.17, 15) is 0 Å². The quantitative estimate of drug-likeness (QED) is 0.806. The Morgan fingerprint density at radius 1 is 1.25 bits per heavy atom. The maximum absolute atomic E-state index is 4.62. The van der Waals surface area contributed by atoms with E-state index in [-0.39, 0.29) is 5.41 Å². The Morgan fingerprint density at radius 2 is 2.00 bits per heavy atom. The molecule has 0 aliphatic heterocycles. The van der Waals surface area contributed by atoms with Crippen molar-refractivity contribution in [3.63, 3.8) is 0 Å². The zero-order chi connectivity index (χ0) is 13.9. The van der Waals surface area contributed by atoms with E-state index in [0.717, 1.165) is 0 Å². The summed E-state index contributed by atoms with van der Waals surface area (Å²) in [5.74, 6) is 3.10. The molecule has 2 aromatic rings. The van der Waals surface area contributed by atoms with E-state index in [4.69, 9.17) is 0 Å². The lowest BCUT2D eigenvalue weighted by atomic mass is 9.80. The molecule has 2 aliphatic carbocycles. The summed E-state index contributed by atoms with van der Waals surface area (Å²) >= 11 is 1.82. The number of hydrogen-bond donors (Lipinski definition) is 0. The third-order valence-corrected chi connectivity index (χ3v) is 5.51. The summed E-state index contributed by atoms with van der Waals surface area (Å²) in [6.45, 7) is 4.59. The van der Waals surface area contributed by atoms with Crippen LogP contribution in [-0.2, 0) is 5.41 Å². The molecule has 2 saturated carbocycles. The predicted octanol–water partition coefficient (Wildman–Crippen LogP) is 2.14. The molecule has 20 heavy (non-hydrogen) atoms. The summed E-state index contributed by atoms with van der Waals surface area (Å²) in [4.78, 5) is 0. The van der Waals surface area contributed by atoms with Crippen LogP contribution in [0.4, 0.5) is 0 Å². The lowest BCUT2D eigenvalue weighted by molar-refractivity contribution is 0.529. The monoisotopic (exact) mass is 285 g/mol. The molecule has 4 rings (SSSR count). The van der Waals surface area contributed by atoms with Gasteiger partial charge in [-0.15, -0.1) is 10.2 Å². The van der Waals surface area contributed by atoms with Crippen molar-refractivity contribution in [1.82, 2.24) is 14.8 Å². The largest absolute Gasteiger partial charge is 0.311 e. The Labute approximate surface area is 124 Å². The first-order chi connectivity index (χ1) is 9.59. The molecule has 0 bridgehead atoms. The highest BCUT2D eigenvalue weighted by Crippen LogP contribution is 2.46. The zero-order valence-corrected chi connectivity index (χ0v) is 13.2. The highest BCUT2D eigenvalue weighted by atomic mass is 32.1. The molecule has 2 aliphatic rings. The highest BCUT2D eigenvalue weighted by Gasteiger charge is 2.40. The smallest absolute Gasteiger partial charge is 0.153 e. The fourth-order valence-corrected chi connectivity index (χ4v) is 4.05. The van der Waals surface area contributed by atoms with Gasteiger partial charge in [0.15, 0.2) is 7.85 Å². The maximum Gasteiger partial charge on any atom is 0.153 e. The summed E-state index contributed by atoms with van der Waals surface area (Å²) in [6, 6.07) is 2.91. The standard InChI is InChI=1S/C15H20BN3S/c1-15(2,11-7-8-20-12(11)16)14-18-17-13(9-3-4-9)19(14)10-5-6-10/h7-10H,3-6,16H2,1-2H3. The van der Waals surface area contributed by atoms with Crippen LogP contribution in [0.1, 0.15) is 68.7 Å². The fraction of sp³-hybridized carbons (Fsp3) is 0.600. The summed E-state index contributed by atoms with van der Waals surface area (Å²) in [5.41, 5.74) is 1.35. The van der Waals surface area contributed by atoms with Gasteiger partial charge in [0, 0.05) is 12.0 Å². The van der Waals surface area contributed by atoms with E-state index < -0.39 is 0 Å². The van der Waals surface area contributed by atoms with Gasteiger partial charge in [-0.2, -0.15) is 11.3 Å². The number of nitrogens with zero attached hydrogens (tertiary/aromatic N) is 3. The molecule has 0 N–H and O–H groups in total. The molecule has 2 aromatic heterocycles. The number of thiophene rings is 1. The molecule has 0 aromatic carbocycles. The van der Waals surface area contributed by atoms with Crippen LogP contribution in [0, 0.1) is 0 Å². The molecule has 0 atom stereocenters. The molecule has 0 radical (unpaired) electrons. The van der Waals surface area contributed by atoms with Gasteiger partial charge in [0.25, 0.3) is 0 Å². The van der Waals surface area contributed by atoms with Crippen LogP contribution in [0.5, 0.6) is 0 Å². The van der Waals surface area contributed by atoms with E-state index in [1.54, 1.807) is 0 Å². The minimum Gasteiger partial charge on any atom is -0.311 e. The Kier molecular flexibility index (Phi) is 2.65. The van der Waals surface area contributed by atoms with Crippen molar-refractivity contribution in [2.24, 2.45) is 0 Å². The van der Waals surface area contributed by atoms with E-state index in [1.807, 2.05) is 11.3 Å². The van der Waals surface area contributed by atoms with Gasteiger partial charge in [-0.1, -0.05) is 0 Å². The van der Waals surface area contributed by atoms with Crippen LogP contribution in [0.3, 0.4) is 0 Å². The third-order valence-electron chi connectivity index (χ3n) is 4.67. The predicted molar refractivity (Wildman–Crippen MR) is 84.9 cm³/mol. The average Bonchev–Trinajstić information content (AvgIpc) is 3.34. The van der Waals surface area contributed by atoms with Crippen LogP contribution in [-0.4, -0.2) is 22.6 Å². The van der Waals surface area contributed by atoms with Gasteiger partial charge in [0.2, 0.25) is 0 Å². The van der Waals surface area contributed by atoms with E-state index in [1.165, 1.54) is 47.7 Å². The number of aromatic nitrogens is 3. The van der Waals surface area contributed by atoms with Crippen molar-refractivity contribution in [3.05, 3.63) is 28.7 Å². The topological polar surface area (TPSA) is 30.7 Å². The van der Waals surface area contributed by atoms with Crippen LogP contribution in [0.15, 0.2) is 11.4 Å². The summed E-state index contributed by atoms with van der Waals surface area (Å²) in [6.07, 6.45) is 5.18. The van der Waals surface area contributed by atoms with Crippen molar-refractivity contribution < 1.29 is 0 Å². The first kappa shape index (κ1) is 12.6. The summed E-state index contributed by atoms with van der Waals surface area (Å²) < 4.78 is 3.88. The SMILES string of the molecule is Bc1sccc1C(C)(C)c1nnc(C2CC2)n1C1CC1. The Hall–Kier alpha value is -1.10. The molecule has 2 heterocycles. The number of rotatable bonds is 4. The normalized spacial score (nSPS) is 19.5. The lowest BCUT2D eigenvalue weighted by Crippen LogP contribution is -2.29. The second kappa shape index (κ2) is 4.20. The second-order valence-electron chi connectivity index (χ2n) is 6.77. The molecular formula is C15H20BN3S. The summed E-state index contributed by atoms with van der Waals surface area (Å²) in [5, 5.41) is 11.4. The van der Waals surface area contributed by atoms with Crippen LogP contribution in [0.25, 0.3) is 0 Å². The van der Waals surface area contributed by atoms with Crippen LogP contribution >= 0.6 is 11.3 Å². The minimum atomic E-state index is -0.0488. The first-order valence-electron chi connectivity index (χ1n) is 7.59. The molecule has 0 spiro atoms. The second-order valence-corrected chi connectivity index (χ2v) is 7.89. The Balaban J connectivity index is 1.83. The summed E-state index contributed by atoms with van der Waals surface area (Å²) in [7, 11) is 2.21. The molecule has 5 heteroatoms. The Morgan fingerprint density at radius 3 is 2.55 bits per heavy atom. The average molecular weight is 285 g/mol. The van der Waals surface area contributed by atoms with Crippen molar-refractivity contribution in [3.8, 4) is 0 Å².